The summed E-state index contributed by atoms with van der Waals surface area (Å²) in [7, 11) is 0. The van der Waals surface area contributed by atoms with E-state index in [4.69, 9.17) is 5.73 Å². The maximum Gasteiger partial charge on any atom is 0.316 e. The van der Waals surface area contributed by atoms with Gasteiger partial charge in [-0.3, -0.25) is 0 Å². The smallest absolute Gasteiger partial charge is 0.316 e. The zero-order valence-corrected chi connectivity index (χ0v) is 12.9. The Morgan fingerprint density at radius 3 is 2.57 bits per heavy atom. The first-order valence-electron chi connectivity index (χ1n) is 8.05. The van der Waals surface area contributed by atoms with Crippen LogP contribution in [-0.4, -0.2) is 12.6 Å². The zero-order valence-electron chi connectivity index (χ0n) is 12.9. The maximum absolute atomic E-state index is 10.8. The minimum absolute atomic E-state index is 0.330. The third-order valence-electron chi connectivity index (χ3n) is 4.39. The number of urea groups is 1. The lowest BCUT2D eigenvalue weighted by atomic mass is 10.0. The van der Waals surface area contributed by atoms with Gasteiger partial charge in [-0.15, -0.1) is 0 Å². The van der Waals surface area contributed by atoms with E-state index in [9.17, 15) is 4.79 Å². The van der Waals surface area contributed by atoms with Crippen LogP contribution in [0.15, 0.2) is 24.3 Å². The molecule has 0 aromatic heterocycles. The summed E-state index contributed by atoms with van der Waals surface area (Å²) in [5.41, 5.74) is 7.06. The number of hydrogen-bond donors (Lipinski definition) is 3. The number of amides is 2. The van der Waals surface area contributed by atoms with Gasteiger partial charge in [0, 0.05) is 11.7 Å². The van der Waals surface area contributed by atoms with Crippen molar-refractivity contribution in [3.63, 3.8) is 0 Å². The largest absolute Gasteiger partial charge is 0.351 e. The van der Waals surface area contributed by atoms with Crippen LogP contribution in [0.3, 0.4) is 0 Å². The molecule has 0 radical (unpaired) electrons. The first-order chi connectivity index (χ1) is 10.1. The highest BCUT2D eigenvalue weighted by molar-refractivity contribution is 5.87. The standard InChI is InChI=1S/C17H27N3O/c1-13(19-12-4-7-14-5-2-3-6-14)15-8-10-16(11-9-15)20-17(18)21/h8-11,13-14,19H,2-7,12H2,1H3,(H3,18,20,21). The first-order valence-corrected chi connectivity index (χ1v) is 8.05. The number of carbonyl (C=O) groups excluding carboxylic acids is 1. The average molecular weight is 289 g/mol. The van der Waals surface area contributed by atoms with E-state index < -0.39 is 6.03 Å². The molecule has 0 heterocycles. The van der Waals surface area contributed by atoms with Crippen LogP contribution in [0.2, 0.25) is 0 Å². The lowest BCUT2D eigenvalue weighted by molar-refractivity contribution is 0.259. The van der Waals surface area contributed by atoms with Crippen LogP contribution < -0.4 is 16.4 Å². The van der Waals surface area contributed by atoms with E-state index in [2.05, 4.69) is 17.6 Å². The Labute approximate surface area is 127 Å². The van der Waals surface area contributed by atoms with Crippen molar-refractivity contribution < 1.29 is 4.79 Å². The highest BCUT2D eigenvalue weighted by atomic mass is 16.2. The number of anilines is 1. The van der Waals surface area contributed by atoms with Crippen LogP contribution >= 0.6 is 0 Å². The Balaban J connectivity index is 1.69. The Morgan fingerprint density at radius 1 is 1.29 bits per heavy atom. The summed E-state index contributed by atoms with van der Waals surface area (Å²) in [6, 6.07) is 7.63. The van der Waals surface area contributed by atoms with Crippen molar-refractivity contribution >= 4 is 11.7 Å². The predicted octanol–water partition coefficient (Wildman–Crippen LogP) is 3.80. The molecular formula is C17H27N3O. The third-order valence-corrected chi connectivity index (χ3v) is 4.39. The summed E-state index contributed by atoms with van der Waals surface area (Å²) < 4.78 is 0. The number of primary amides is 1. The molecule has 4 heteroatoms. The van der Waals surface area contributed by atoms with Crippen LogP contribution in [0.1, 0.15) is 57.1 Å². The maximum atomic E-state index is 10.8. The molecule has 0 spiro atoms. The quantitative estimate of drug-likeness (QED) is 0.668. The highest BCUT2D eigenvalue weighted by Gasteiger charge is 2.14. The molecule has 116 valence electrons. The van der Waals surface area contributed by atoms with Gasteiger partial charge in [-0.05, 0) is 49.9 Å². The average Bonchev–Trinajstić information content (AvgIpc) is 2.97. The van der Waals surface area contributed by atoms with Crippen molar-refractivity contribution in [1.29, 1.82) is 0 Å². The number of benzene rings is 1. The third kappa shape index (κ3) is 5.38. The molecule has 0 aliphatic heterocycles. The minimum atomic E-state index is -0.527. The first kappa shape index (κ1) is 15.8. The van der Waals surface area contributed by atoms with Crippen LogP contribution in [0.5, 0.6) is 0 Å². The summed E-state index contributed by atoms with van der Waals surface area (Å²) in [6.07, 6.45) is 8.35. The topological polar surface area (TPSA) is 67.2 Å². The molecule has 1 aromatic rings. The molecule has 1 aliphatic rings. The number of rotatable bonds is 7. The van der Waals surface area contributed by atoms with Gasteiger partial charge in [-0.1, -0.05) is 37.8 Å². The number of nitrogens with two attached hydrogens (primary N) is 1. The van der Waals surface area contributed by atoms with E-state index in [1.54, 1.807) is 0 Å². The molecule has 1 aliphatic carbocycles. The molecule has 4 nitrogen and oxygen atoms in total. The Hall–Kier alpha value is -1.55. The van der Waals surface area contributed by atoms with E-state index >= 15 is 0 Å². The molecule has 1 fully saturated rings. The van der Waals surface area contributed by atoms with Crippen molar-refractivity contribution in [1.82, 2.24) is 5.32 Å². The molecule has 2 amide bonds. The van der Waals surface area contributed by atoms with Gasteiger partial charge in [0.05, 0.1) is 0 Å². The van der Waals surface area contributed by atoms with Crippen molar-refractivity contribution in [3.05, 3.63) is 29.8 Å². The fraction of sp³-hybridized carbons (Fsp3) is 0.588. The monoisotopic (exact) mass is 289 g/mol. The van der Waals surface area contributed by atoms with Crippen molar-refractivity contribution in [2.24, 2.45) is 11.7 Å². The summed E-state index contributed by atoms with van der Waals surface area (Å²) in [4.78, 5) is 10.8. The van der Waals surface area contributed by atoms with E-state index in [0.717, 1.165) is 18.2 Å². The molecule has 4 N–H and O–H groups in total. The zero-order chi connectivity index (χ0) is 15.1. The van der Waals surface area contributed by atoms with E-state index in [1.807, 2.05) is 24.3 Å². The normalized spacial score (nSPS) is 16.8. The van der Waals surface area contributed by atoms with Crippen molar-refractivity contribution in [3.8, 4) is 0 Å². The van der Waals surface area contributed by atoms with Gasteiger partial charge in [0.2, 0.25) is 0 Å². The molecule has 0 bridgehead atoms. The Morgan fingerprint density at radius 2 is 1.95 bits per heavy atom. The second kappa shape index (κ2) is 8.03. The number of nitrogens with one attached hydrogen (secondary N) is 2. The summed E-state index contributed by atoms with van der Waals surface area (Å²) in [5.74, 6) is 0.973. The highest BCUT2D eigenvalue weighted by Crippen LogP contribution is 2.28. The van der Waals surface area contributed by atoms with Crippen LogP contribution in [0, 0.1) is 5.92 Å². The van der Waals surface area contributed by atoms with Gasteiger partial charge in [-0.25, -0.2) is 4.79 Å². The molecule has 21 heavy (non-hydrogen) atoms. The molecule has 0 saturated heterocycles. The lowest BCUT2D eigenvalue weighted by Gasteiger charge is -2.16. The molecule has 1 aromatic carbocycles. The van der Waals surface area contributed by atoms with Gasteiger partial charge < -0.3 is 16.4 Å². The van der Waals surface area contributed by atoms with E-state index in [-0.39, 0.29) is 0 Å². The predicted molar refractivity (Wildman–Crippen MR) is 87.3 cm³/mol. The number of carbonyl (C=O) groups is 1. The van der Waals surface area contributed by atoms with Crippen LogP contribution in [-0.2, 0) is 0 Å². The molecule has 1 unspecified atom stereocenters. The fourth-order valence-electron chi connectivity index (χ4n) is 3.12. The Bertz CT molecular complexity index is 438. The SMILES string of the molecule is CC(NCCCC1CCCC1)c1ccc(NC(N)=O)cc1. The van der Waals surface area contributed by atoms with E-state index in [1.165, 1.54) is 44.1 Å². The molecule has 1 atom stereocenters. The summed E-state index contributed by atoms with van der Waals surface area (Å²) >= 11 is 0. The molecule has 1 saturated carbocycles. The fourth-order valence-corrected chi connectivity index (χ4v) is 3.12. The van der Waals surface area contributed by atoms with Gasteiger partial charge in [0.15, 0.2) is 0 Å². The minimum Gasteiger partial charge on any atom is -0.351 e. The number of hydrogen-bond acceptors (Lipinski definition) is 2. The van der Waals surface area contributed by atoms with Gasteiger partial charge in [0.25, 0.3) is 0 Å². The molecule has 2 rings (SSSR count). The second-order valence-corrected chi connectivity index (χ2v) is 6.08. The van der Waals surface area contributed by atoms with Crippen molar-refractivity contribution in [2.75, 3.05) is 11.9 Å². The van der Waals surface area contributed by atoms with Gasteiger partial charge >= 0.3 is 6.03 Å². The second-order valence-electron chi connectivity index (χ2n) is 6.08. The van der Waals surface area contributed by atoms with E-state index in [0.29, 0.717) is 6.04 Å². The van der Waals surface area contributed by atoms with Gasteiger partial charge in [0.1, 0.15) is 0 Å². The van der Waals surface area contributed by atoms with Crippen LogP contribution in [0.25, 0.3) is 0 Å². The lowest BCUT2D eigenvalue weighted by Crippen LogP contribution is -2.21. The summed E-state index contributed by atoms with van der Waals surface area (Å²) in [6.45, 7) is 3.24. The van der Waals surface area contributed by atoms with Crippen molar-refractivity contribution in [2.45, 2.75) is 51.5 Å². The summed E-state index contributed by atoms with van der Waals surface area (Å²) in [5, 5.41) is 6.14. The molecular weight excluding hydrogens is 262 g/mol. The Kier molecular flexibility index (Phi) is 6.05. The van der Waals surface area contributed by atoms with Gasteiger partial charge in [-0.2, -0.15) is 0 Å². The van der Waals surface area contributed by atoms with Crippen LogP contribution in [0.4, 0.5) is 10.5 Å².